The summed E-state index contributed by atoms with van der Waals surface area (Å²) in [6, 6.07) is 2.05. The summed E-state index contributed by atoms with van der Waals surface area (Å²) in [7, 11) is 0. The first kappa shape index (κ1) is 17.0. The van der Waals surface area contributed by atoms with Crippen LogP contribution in [-0.4, -0.2) is 46.4 Å². The van der Waals surface area contributed by atoms with Gasteiger partial charge in [-0.15, -0.1) is 0 Å². The van der Waals surface area contributed by atoms with E-state index in [4.69, 9.17) is 4.74 Å². The van der Waals surface area contributed by atoms with E-state index in [0.29, 0.717) is 19.6 Å². The normalized spacial score (nSPS) is 21.0. The smallest absolute Gasteiger partial charge is 0.317 e. The van der Waals surface area contributed by atoms with E-state index < -0.39 is 0 Å². The van der Waals surface area contributed by atoms with Crippen LogP contribution in [0.3, 0.4) is 0 Å². The van der Waals surface area contributed by atoms with Gasteiger partial charge in [0.25, 0.3) is 0 Å². The first-order valence-corrected chi connectivity index (χ1v) is 9.25. The SMILES string of the molecule is Cc1cnn(CCCNC(=O)N2C[C@@H](C)O[C@H](c3ccsc3)C2)c1. The number of ether oxygens (including phenoxy) is 1. The van der Waals surface area contributed by atoms with Crippen LogP contribution < -0.4 is 5.32 Å². The first-order chi connectivity index (χ1) is 11.6. The molecule has 0 radical (unpaired) electrons. The van der Waals surface area contributed by atoms with Gasteiger partial charge in [0.1, 0.15) is 6.10 Å². The highest BCUT2D eigenvalue weighted by Gasteiger charge is 2.29. The molecule has 0 bridgehead atoms. The van der Waals surface area contributed by atoms with Crippen molar-refractivity contribution >= 4 is 17.4 Å². The van der Waals surface area contributed by atoms with Gasteiger partial charge in [0.15, 0.2) is 0 Å². The van der Waals surface area contributed by atoms with Crippen LogP contribution in [0, 0.1) is 6.92 Å². The number of carbonyl (C=O) groups excluding carboxylic acids is 1. The molecule has 3 heterocycles. The predicted octanol–water partition coefficient (Wildman–Crippen LogP) is 2.81. The minimum atomic E-state index is -0.0298. The number of urea groups is 1. The second-order valence-electron chi connectivity index (χ2n) is 6.26. The van der Waals surface area contributed by atoms with Crippen LogP contribution in [0.4, 0.5) is 4.79 Å². The van der Waals surface area contributed by atoms with E-state index in [1.807, 2.05) is 41.2 Å². The summed E-state index contributed by atoms with van der Waals surface area (Å²) in [5.74, 6) is 0. The lowest BCUT2D eigenvalue weighted by Gasteiger charge is -2.36. The largest absolute Gasteiger partial charge is 0.367 e. The molecule has 0 spiro atoms. The molecular formula is C17H24N4O2S. The Morgan fingerprint density at radius 2 is 2.38 bits per heavy atom. The first-order valence-electron chi connectivity index (χ1n) is 8.31. The fourth-order valence-corrected chi connectivity index (χ4v) is 3.60. The van der Waals surface area contributed by atoms with Crippen LogP contribution in [0.1, 0.15) is 30.6 Å². The highest BCUT2D eigenvalue weighted by molar-refractivity contribution is 7.07. The zero-order valence-electron chi connectivity index (χ0n) is 14.1. The third-order valence-corrected chi connectivity index (χ3v) is 4.77. The molecule has 2 aromatic heterocycles. The van der Waals surface area contributed by atoms with Crippen molar-refractivity contribution in [1.29, 1.82) is 0 Å². The molecular weight excluding hydrogens is 324 g/mol. The molecule has 1 aliphatic heterocycles. The number of amides is 2. The van der Waals surface area contributed by atoms with Crippen LogP contribution in [0.25, 0.3) is 0 Å². The quantitative estimate of drug-likeness (QED) is 0.845. The standard InChI is InChI=1S/C17H24N4O2S/c1-13-8-19-21(9-13)6-3-5-18-17(22)20-10-14(2)23-16(11-20)15-4-7-24-12-15/h4,7-9,12,14,16H,3,5-6,10-11H2,1-2H3,(H,18,22)/t14-,16+/m1/s1. The van der Waals surface area contributed by atoms with E-state index in [-0.39, 0.29) is 18.2 Å². The summed E-state index contributed by atoms with van der Waals surface area (Å²) in [5, 5.41) is 11.4. The number of morpholine rings is 1. The van der Waals surface area contributed by atoms with Crippen LogP contribution >= 0.6 is 11.3 Å². The van der Waals surface area contributed by atoms with Gasteiger partial charge in [-0.3, -0.25) is 4.68 Å². The van der Waals surface area contributed by atoms with Crippen molar-refractivity contribution < 1.29 is 9.53 Å². The van der Waals surface area contributed by atoms with Gasteiger partial charge >= 0.3 is 6.03 Å². The van der Waals surface area contributed by atoms with Gasteiger partial charge in [-0.1, -0.05) is 0 Å². The summed E-state index contributed by atoms with van der Waals surface area (Å²) in [6.07, 6.45) is 4.73. The zero-order valence-corrected chi connectivity index (χ0v) is 15.0. The molecule has 2 aromatic rings. The molecule has 0 unspecified atom stereocenters. The molecule has 1 aliphatic rings. The second kappa shape index (κ2) is 7.81. The number of nitrogens with one attached hydrogen (secondary N) is 1. The fourth-order valence-electron chi connectivity index (χ4n) is 2.90. The molecule has 1 saturated heterocycles. The molecule has 6 nitrogen and oxygen atoms in total. The monoisotopic (exact) mass is 348 g/mol. The Hall–Kier alpha value is -1.86. The van der Waals surface area contributed by atoms with Gasteiger partial charge in [0.2, 0.25) is 0 Å². The van der Waals surface area contributed by atoms with Crippen molar-refractivity contribution in [2.75, 3.05) is 19.6 Å². The number of hydrogen-bond donors (Lipinski definition) is 1. The lowest BCUT2D eigenvalue weighted by Crippen LogP contribution is -2.50. The average molecular weight is 348 g/mol. The van der Waals surface area contributed by atoms with Crippen LogP contribution in [-0.2, 0) is 11.3 Å². The van der Waals surface area contributed by atoms with Crippen molar-refractivity contribution in [3.8, 4) is 0 Å². The van der Waals surface area contributed by atoms with Crippen molar-refractivity contribution in [2.45, 2.75) is 39.0 Å². The molecule has 0 saturated carbocycles. The van der Waals surface area contributed by atoms with Gasteiger partial charge < -0.3 is 15.0 Å². The Labute approximate surface area is 146 Å². The van der Waals surface area contributed by atoms with Crippen molar-refractivity contribution in [1.82, 2.24) is 20.0 Å². The third kappa shape index (κ3) is 4.36. The van der Waals surface area contributed by atoms with Crippen molar-refractivity contribution in [2.24, 2.45) is 0 Å². The molecule has 0 aromatic carbocycles. The number of nitrogens with zero attached hydrogens (tertiary/aromatic N) is 3. The molecule has 1 fully saturated rings. The molecule has 24 heavy (non-hydrogen) atoms. The van der Waals surface area contributed by atoms with Gasteiger partial charge in [-0.25, -0.2) is 4.79 Å². The summed E-state index contributed by atoms with van der Waals surface area (Å²) >= 11 is 1.65. The minimum Gasteiger partial charge on any atom is -0.367 e. The summed E-state index contributed by atoms with van der Waals surface area (Å²) in [4.78, 5) is 14.3. The van der Waals surface area contributed by atoms with Crippen molar-refractivity contribution in [3.63, 3.8) is 0 Å². The lowest BCUT2D eigenvalue weighted by atomic mass is 10.1. The molecule has 0 aliphatic carbocycles. The van der Waals surface area contributed by atoms with Crippen LogP contribution in [0.5, 0.6) is 0 Å². The topological polar surface area (TPSA) is 59.4 Å². The summed E-state index contributed by atoms with van der Waals surface area (Å²) in [6.45, 7) is 6.72. The highest BCUT2D eigenvalue weighted by Crippen LogP contribution is 2.26. The Bertz CT molecular complexity index is 655. The minimum absolute atomic E-state index is 0.0120. The van der Waals surface area contributed by atoms with E-state index >= 15 is 0 Å². The van der Waals surface area contributed by atoms with E-state index in [2.05, 4.69) is 21.9 Å². The lowest BCUT2D eigenvalue weighted by molar-refractivity contribution is -0.0654. The zero-order chi connectivity index (χ0) is 16.9. The number of rotatable bonds is 5. The highest BCUT2D eigenvalue weighted by atomic mass is 32.1. The van der Waals surface area contributed by atoms with Gasteiger partial charge in [-0.2, -0.15) is 16.4 Å². The maximum Gasteiger partial charge on any atom is 0.317 e. The van der Waals surface area contributed by atoms with Crippen molar-refractivity contribution in [3.05, 3.63) is 40.3 Å². The number of aromatic nitrogens is 2. The van der Waals surface area contributed by atoms with Gasteiger partial charge in [-0.05, 0) is 48.2 Å². The Morgan fingerprint density at radius 1 is 1.50 bits per heavy atom. The molecule has 2 amide bonds. The number of thiophene rings is 1. The van der Waals surface area contributed by atoms with Crippen LogP contribution in [0.15, 0.2) is 29.2 Å². The van der Waals surface area contributed by atoms with Gasteiger partial charge in [0, 0.05) is 25.8 Å². The molecule has 2 atom stereocenters. The second-order valence-corrected chi connectivity index (χ2v) is 7.04. The Balaban J connectivity index is 1.45. The average Bonchev–Trinajstić information content (AvgIpc) is 3.22. The number of aryl methyl sites for hydroxylation is 2. The maximum atomic E-state index is 12.4. The molecule has 7 heteroatoms. The van der Waals surface area contributed by atoms with E-state index in [1.54, 1.807) is 11.3 Å². The van der Waals surface area contributed by atoms with E-state index in [0.717, 1.165) is 24.1 Å². The fraction of sp³-hybridized carbons (Fsp3) is 0.529. The summed E-state index contributed by atoms with van der Waals surface area (Å²) in [5.41, 5.74) is 2.30. The van der Waals surface area contributed by atoms with Crippen LogP contribution in [0.2, 0.25) is 0 Å². The molecule has 130 valence electrons. The predicted molar refractivity (Wildman–Crippen MR) is 94.2 cm³/mol. The Morgan fingerprint density at radius 3 is 3.08 bits per heavy atom. The maximum absolute atomic E-state index is 12.4. The van der Waals surface area contributed by atoms with E-state index in [9.17, 15) is 4.79 Å². The summed E-state index contributed by atoms with van der Waals surface area (Å²) < 4.78 is 7.88. The van der Waals surface area contributed by atoms with E-state index in [1.165, 1.54) is 0 Å². The molecule has 1 N–H and O–H groups in total. The van der Waals surface area contributed by atoms with Gasteiger partial charge in [0.05, 0.1) is 18.8 Å². The number of hydrogen-bond acceptors (Lipinski definition) is 4. The molecule has 3 rings (SSSR count). The number of carbonyl (C=O) groups is 1. The third-order valence-electron chi connectivity index (χ3n) is 4.07. The Kier molecular flexibility index (Phi) is 5.52.